The first kappa shape index (κ1) is 18.3. The van der Waals surface area contributed by atoms with Crippen molar-refractivity contribution < 1.29 is 4.79 Å². The summed E-state index contributed by atoms with van der Waals surface area (Å²) < 4.78 is 0. The maximum atomic E-state index is 11.6. The summed E-state index contributed by atoms with van der Waals surface area (Å²) in [6.07, 6.45) is 11.9. The average molecular weight is 393 g/mol. The summed E-state index contributed by atoms with van der Waals surface area (Å²) in [5.74, 6) is 0.814. The second kappa shape index (κ2) is 7.28. The molecule has 0 aliphatic heterocycles. The number of carbonyl (C=O) groups excluding carboxylic acids is 1. The third-order valence-corrected chi connectivity index (χ3v) is 6.94. The number of anilines is 3. The molecule has 7 heteroatoms. The molecule has 29 heavy (non-hydrogen) atoms. The summed E-state index contributed by atoms with van der Waals surface area (Å²) in [7, 11) is 0. The Hall–Kier alpha value is -2.70. The molecule has 4 N–H and O–H groups in total. The van der Waals surface area contributed by atoms with E-state index in [9.17, 15) is 4.79 Å². The molecule has 0 radical (unpaired) electrons. The minimum atomic E-state index is -0.625. The quantitative estimate of drug-likeness (QED) is 0.683. The van der Waals surface area contributed by atoms with Gasteiger partial charge in [0.15, 0.2) is 11.5 Å². The van der Waals surface area contributed by atoms with Gasteiger partial charge in [0.25, 0.3) is 5.91 Å². The lowest BCUT2D eigenvalue weighted by molar-refractivity contribution is 0.0693. The first-order valence-corrected chi connectivity index (χ1v) is 10.8. The molecule has 1 heterocycles. The normalized spacial score (nSPS) is 20.8. The topological polar surface area (TPSA) is 106 Å². The van der Waals surface area contributed by atoms with E-state index in [-0.39, 0.29) is 5.69 Å². The fourth-order valence-electron chi connectivity index (χ4n) is 4.77. The molecule has 1 aromatic carbocycles. The minimum Gasteiger partial charge on any atom is -0.365 e. The van der Waals surface area contributed by atoms with E-state index in [1.54, 1.807) is 0 Å². The van der Waals surface area contributed by atoms with Gasteiger partial charge in [-0.15, -0.1) is 10.2 Å². The average Bonchev–Trinajstić information content (AvgIpc) is 3.51. The lowest BCUT2D eigenvalue weighted by Gasteiger charge is -2.47. The first-order valence-electron chi connectivity index (χ1n) is 10.8. The predicted molar refractivity (Wildman–Crippen MR) is 112 cm³/mol. The number of benzene rings is 1. The van der Waals surface area contributed by atoms with Gasteiger partial charge in [-0.1, -0.05) is 18.6 Å². The SMILES string of the molecule is NC(=O)c1nnc(Nc2ccc(C3CCC4(CCC4)CC3)cc2)nc1NC1CC1. The van der Waals surface area contributed by atoms with E-state index in [2.05, 4.69) is 50.1 Å². The van der Waals surface area contributed by atoms with Crippen molar-refractivity contribution in [3.63, 3.8) is 0 Å². The van der Waals surface area contributed by atoms with Crippen molar-refractivity contribution in [2.45, 2.75) is 69.7 Å². The maximum absolute atomic E-state index is 11.6. The molecular weight excluding hydrogens is 364 g/mol. The van der Waals surface area contributed by atoms with Crippen LogP contribution in [0.15, 0.2) is 24.3 Å². The van der Waals surface area contributed by atoms with Crippen LogP contribution in [-0.2, 0) is 0 Å². The Morgan fingerprint density at radius 2 is 1.72 bits per heavy atom. The third-order valence-electron chi connectivity index (χ3n) is 6.94. The minimum absolute atomic E-state index is 0.0827. The van der Waals surface area contributed by atoms with Gasteiger partial charge in [-0.25, -0.2) is 0 Å². The van der Waals surface area contributed by atoms with E-state index < -0.39 is 5.91 Å². The number of aromatic nitrogens is 3. The van der Waals surface area contributed by atoms with Gasteiger partial charge in [0.1, 0.15) is 0 Å². The molecule has 3 aliphatic carbocycles. The zero-order valence-corrected chi connectivity index (χ0v) is 16.7. The second-order valence-corrected chi connectivity index (χ2v) is 8.99. The van der Waals surface area contributed by atoms with Gasteiger partial charge in [-0.2, -0.15) is 4.98 Å². The van der Waals surface area contributed by atoms with Crippen LogP contribution in [0.2, 0.25) is 0 Å². The molecule has 7 nitrogen and oxygen atoms in total. The van der Waals surface area contributed by atoms with Crippen LogP contribution < -0.4 is 16.4 Å². The number of primary amides is 1. The van der Waals surface area contributed by atoms with Crippen molar-refractivity contribution >= 4 is 23.4 Å². The summed E-state index contributed by atoms with van der Waals surface area (Å²) >= 11 is 0. The summed E-state index contributed by atoms with van der Waals surface area (Å²) in [5.41, 5.74) is 8.50. The van der Waals surface area contributed by atoms with Gasteiger partial charge in [0.05, 0.1) is 0 Å². The summed E-state index contributed by atoms with van der Waals surface area (Å²) in [5, 5.41) is 14.4. The highest BCUT2D eigenvalue weighted by atomic mass is 16.1. The van der Waals surface area contributed by atoms with Crippen molar-refractivity contribution in [2.24, 2.45) is 11.1 Å². The number of amides is 1. The molecule has 0 atom stereocenters. The second-order valence-electron chi connectivity index (χ2n) is 8.99. The van der Waals surface area contributed by atoms with Gasteiger partial charge in [-0.3, -0.25) is 4.79 Å². The number of nitrogens with zero attached hydrogens (tertiary/aromatic N) is 3. The van der Waals surface area contributed by atoms with Crippen molar-refractivity contribution in [3.8, 4) is 0 Å². The monoisotopic (exact) mass is 392 g/mol. The van der Waals surface area contributed by atoms with Crippen molar-refractivity contribution in [2.75, 3.05) is 10.6 Å². The first-order chi connectivity index (χ1) is 14.1. The van der Waals surface area contributed by atoms with E-state index in [0.717, 1.165) is 18.5 Å². The number of carbonyl (C=O) groups is 1. The highest BCUT2D eigenvalue weighted by Gasteiger charge is 2.40. The standard InChI is InChI=1S/C22H28N6O/c23-19(29)18-20(24-16-6-7-16)26-21(28-27-18)25-17-4-2-14(3-5-17)15-8-12-22(13-9-15)10-1-11-22/h2-5,15-16H,1,6-13H2,(H2,23,29)(H2,24,25,26,28). The van der Waals surface area contributed by atoms with Crippen LogP contribution in [0.3, 0.4) is 0 Å². The molecule has 1 amide bonds. The predicted octanol–water partition coefficient (Wildman–Crippen LogP) is 4.12. The highest BCUT2D eigenvalue weighted by molar-refractivity contribution is 5.95. The Labute approximate surface area is 170 Å². The Balaban J connectivity index is 1.25. The smallest absolute Gasteiger partial charge is 0.273 e. The number of rotatable bonds is 6. The van der Waals surface area contributed by atoms with Gasteiger partial charge in [-0.05, 0) is 80.4 Å². The molecular formula is C22H28N6O. The van der Waals surface area contributed by atoms with Crippen LogP contribution in [-0.4, -0.2) is 27.1 Å². The lowest BCUT2D eigenvalue weighted by atomic mass is 9.58. The Morgan fingerprint density at radius 1 is 1.00 bits per heavy atom. The third kappa shape index (κ3) is 3.91. The summed E-state index contributed by atoms with van der Waals surface area (Å²) in [4.78, 5) is 16.0. The fourth-order valence-corrected chi connectivity index (χ4v) is 4.77. The number of nitrogens with two attached hydrogens (primary N) is 1. The molecule has 1 aromatic heterocycles. The molecule has 3 saturated carbocycles. The van der Waals surface area contributed by atoms with Crippen molar-refractivity contribution in [1.29, 1.82) is 0 Å². The van der Waals surface area contributed by atoms with Gasteiger partial charge in [0, 0.05) is 11.7 Å². The van der Waals surface area contributed by atoms with Gasteiger partial charge in [0.2, 0.25) is 5.95 Å². The summed E-state index contributed by atoms with van der Waals surface area (Å²) in [6.45, 7) is 0. The molecule has 3 aliphatic rings. The van der Waals surface area contributed by atoms with E-state index >= 15 is 0 Å². The van der Waals surface area contributed by atoms with Crippen LogP contribution in [0, 0.1) is 5.41 Å². The van der Waals surface area contributed by atoms with E-state index in [1.165, 1.54) is 50.5 Å². The van der Waals surface area contributed by atoms with Gasteiger partial charge < -0.3 is 16.4 Å². The summed E-state index contributed by atoms with van der Waals surface area (Å²) in [6, 6.07) is 8.90. The number of hydrogen-bond acceptors (Lipinski definition) is 6. The molecule has 2 aromatic rings. The van der Waals surface area contributed by atoms with Gasteiger partial charge >= 0.3 is 0 Å². The zero-order chi connectivity index (χ0) is 19.8. The zero-order valence-electron chi connectivity index (χ0n) is 16.7. The van der Waals surface area contributed by atoms with Crippen molar-refractivity contribution in [1.82, 2.24) is 15.2 Å². The van der Waals surface area contributed by atoms with Crippen LogP contribution in [0.4, 0.5) is 17.5 Å². The van der Waals surface area contributed by atoms with Crippen LogP contribution >= 0.6 is 0 Å². The molecule has 3 fully saturated rings. The van der Waals surface area contributed by atoms with E-state index in [1.807, 2.05) is 0 Å². The fraction of sp³-hybridized carbons (Fsp3) is 0.545. The molecule has 0 unspecified atom stereocenters. The molecule has 0 saturated heterocycles. The maximum Gasteiger partial charge on any atom is 0.273 e. The molecule has 5 rings (SSSR count). The molecule has 0 bridgehead atoms. The lowest BCUT2D eigenvalue weighted by Crippen LogP contribution is -2.33. The number of nitrogens with one attached hydrogen (secondary N) is 2. The molecule has 152 valence electrons. The largest absolute Gasteiger partial charge is 0.365 e. The molecule has 1 spiro atoms. The Kier molecular flexibility index (Phi) is 4.60. The van der Waals surface area contributed by atoms with Crippen LogP contribution in [0.5, 0.6) is 0 Å². The van der Waals surface area contributed by atoms with Crippen LogP contribution in [0.1, 0.15) is 79.8 Å². The van der Waals surface area contributed by atoms with E-state index in [0.29, 0.717) is 29.1 Å². The Morgan fingerprint density at radius 3 is 2.31 bits per heavy atom. The Bertz CT molecular complexity index is 894. The number of hydrogen-bond donors (Lipinski definition) is 3. The highest BCUT2D eigenvalue weighted by Crippen LogP contribution is 2.54. The van der Waals surface area contributed by atoms with Crippen molar-refractivity contribution in [3.05, 3.63) is 35.5 Å². The van der Waals surface area contributed by atoms with Crippen LogP contribution in [0.25, 0.3) is 0 Å². The van der Waals surface area contributed by atoms with E-state index in [4.69, 9.17) is 5.73 Å².